The molecule has 0 saturated carbocycles. The van der Waals surface area contributed by atoms with Gasteiger partial charge in [0.25, 0.3) is 5.69 Å². The number of nitro benzene ring substituents is 1. The second-order valence-electron chi connectivity index (χ2n) is 4.63. The van der Waals surface area contributed by atoms with Crippen LogP contribution in [0.5, 0.6) is 0 Å². The summed E-state index contributed by atoms with van der Waals surface area (Å²) in [6.45, 7) is 2.39. The van der Waals surface area contributed by atoms with Crippen molar-refractivity contribution >= 4 is 39.9 Å². The highest BCUT2D eigenvalue weighted by Gasteiger charge is 2.39. The topological polar surface area (TPSA) is 83.7 Å². The zero-order valence-corrected chi connectivity index (χ0v) is 12.4. The first kappa shape index (κ1) is 14.0. The van der Waals surface area contributed by atoms with Crippen molar-refractivity contribution in [1.82, 2.24) is 0 Å². The number of hydrogen-bond acceptors (Lipinski definition) is 4. The van der Waals surface area contributed by atoms with E-state index in [1.165, 1.54) is 6.07 Å². The van der Waals surface area contributed by atoms with Crippen molar-refractivity contribution in [2.75, 3.05) is 11.4 Å². The molecule has 1 N–H and O–H groups in total. The molecule has 0 bridgehead atoms. The van der Waals surface area contributed by atoms with Crippen molar-refractivity contribution in [3.63, 3.8) is 0 Å². The molecule has 1 saturated heterocycles. The highest BCUT2D eigenvalue weighted by molar-refractivity contribution is 14.1. The number of aliphatic carboxylic acids is 1. The minimum atomic E-state index is -0.933. The van der Waals surface area contributed by atoms with Crippen molar-refractivity contribution in [1.29, 1.82) is 0 Å². The van der Waals surface area contributed by atoms with Gasteiger partial charge in [0.2, 0.25) is 0 Å². The van der Waals surface area contributed by atoms with Crippen LogP contribution < -0.4 is 4.90 Å². The van der Waals surface area contributed by atoms with Crippen molar-refractivity contribution < 1.29 is 14.8 Å². The molecule has 0 aliphatic carbocycles. The fraction of sp³-hybridized carbons (Fsp3) is 0.417. The maximum Gasteiger partial charge on any atom is 0.326 e. The average Bonchev–Trinajstić information content (AvgIpc) is 2.70. The Kier molecular flexibility index (Phi) is 3.93. The summed E-state index contributed by atoms with van der Waals surface area (Å²) in [6.07, 6.45) is 0.722. The van der Waals surface area contributed by atoms with Crippen LogP contribution >= 0.6 is 22.6 Å². The van der Waals surface area contributed by atoms with Gasteiger partial charge >= 0.3 is 5.97 Å². The third kappa shape index (κ3) is 2.65. The Hall–Kier alpha value is -1.38. The summed E-state index contributed by atoms with van der Waals surface area (Å²) in [5.74, 6) is -0.950. The van der Waals surface area contributed by atoms with E-state index >= 15 is 0 Å². The molecule has 0 spiro atoms. The minimum Gasteiger partial charge on any atom is -0.480 e. The number of carbonyl (C=O) groups is 1. The summed E-state index contributed by atoms with van der Waals surface area (Å²) in [6, 6.07) is 4.16. The van der Waals surface area contributed by atoms with Crippen molar-refractivity contribution in [3.8, 4) is 0 Å². The number of nitrogens with zero attached hydrogens (tertiary/aromatic N) is 2. The van der Waals surface area contributed by atoms with E-state index in [4.69, 9.17) is 0 Å². The largest absolute Gasteiger partial charge is 0.480 e. The van der Waals surface area contributed by atoms with Gasteiger partial charge in [-0.15, -0.1) is 0 Å². The summed E-state index contributed by atoms with van der Waals surface area (Å²) in [4.78, 5) is 23.6. The molecule has 6 nitrogen and oxygen atoms in total. The van der Waals surface area contributed by atoms with Gasteiger partial charge in [-0.3, -0.25) is 10.1 Å². The number of nitro groups is 1. The Bertz CT molecular complexity index is 534. The second-order valence-corrected chi connectivity index (χ2v) is 5.88. The van der Waals surface area contributed by atoms with Gasteiger partial charge in [-0.1, -0.05) is 6.92 Å². The predicted octanol–water partition coefficient (Wildman–Crippen LogP) is 2.50. The van der Waals surface area contributed by atoms with E-state index in [2.05, 4.69) is 0 Å². The molecule has 1 heterocycles. The van der Waals surface area contributed by atoms with E-state index in [-0.39, 0.29) is 11.6 Å². The highest BCUT2D eigenvalue weighted by Crippen LogP contribution is 2.36. The van der Waals surface area contributed by atoms with Crippen molar-refractivity contribution in [3.05, 3.63) is 31.9 Å². The van der Waals surface area contributed by atoms with Crippen LogP contribution in [0.25, 0.3) is 0 Å². The fourth-order valence-corrected chi connectivity index (χ4v) is 2.95. The highest BCUT2D eigenvalue weighted by atomic mass is 127. The summed E-state index contributed by atoms with van der Waals surface area (Å²) < 4.78 is 0.757. The van der Waals surface area contributed by atoms with E-state index in [0.717, 1.165) is 9.99 Å². The van der Waals surface area contributed by atoms with E-state index in [9.17, 15) is 20.0 Å². The summed E-state index contributed by atoms with van der Waals surface area (Å²) in [7, 11) is 0. The van der Waals surface area contributed by atoms with E-state index in [0.29, 0.717) is 12.2 Å². The molecular weight excluding hydrogens is 363 g/mol. The fourth-order valence-electron chi connectivity index (χ4n) is 2.48. The smallest absolute Gasteiger partial charge is 0.326 e. The molecule has 1 aromatic carbocycles. The lowest BCUT2D eigenvalue weighted by molar-refractivity contribution is -0.384. The molecule has 2 rings (SSSR count). The molecule has 2 unspecified atom stereocenters. The number of rotatable bonds is 3. The molecule has 102 valence electrons. The molecule has 1 aliphatic rings. The van der Waals surface area contributed by atoms with Crippen LogP contribution in [-0.2, 0) is 4.79 Å². The molecule has 2 atom stereocenters. The van der Waals surface area contributed by atoms with Crippen LogP contribution in [0.4, 0.5) is 11.4 Å². The Morgan fingerprint density at radius 3 is 2.84 bits per heavy atom. The Balaban J connectivity index is 2.47. The van der Waals surface area contributed by atoms with Gasteiger partial charge in [-0.2, -0.15) is 0 Å². The third-order valence-electron chi connectivity index (χ3n) is 3.40. The summed E-state index contributed by atoms with van der Waals surface area (Å²) in [5, 5.41) is 20.4. The van der Waals surface area contributed by atoms with Gasteiger partial charge in [0.15, 0.2) is 0 Å². The number of benzene rings is 1. The monoisotopic (exact) mass is 376 g/mol. The molecule has 0 aromatic heterocycles. The Labute approximate surface area is 123 Å². The first-order valence-corrected chi connectivity index (χ1v) is 6.93. The molecule has 1 aromatic rings. The van der Waals surface area contributed by atoms with E-state index in [1.807, 2.05) is 29.5 Å². The van der Waals surface area contributed by atoms with Crippen molar-refractivity contribution in [2.24, 2.45) is 5.92 Å². The van der Waals surface area contributed by atoms with E-state index < -0.39 is 16.9 Å². The molecule has 1 aliphatic heterocycles. The SMILES string of the molecule is CC1CCN(c2ccc(I)cc2[N+](=O)[O-])C1C(=O)O. The summed E-state index contributed by atoms with van der Waals surface area (Å²) in [5.41, 5.74) is 0.356. The average molecular weight is 376 g/mol. The number of anilines is 1. The van der Waals surface area contributed by atoms with Gasteiger partial charge in [0.1, 0.15) is 11.7 Å². The third-order valence-corrected chi connectivity index (χ3v) is 4.07. The number of hydrogen-bond donors (Lipinski definition) is 1. The van der Waals surface area contributed by atoms with Crippen LogP contribution in [0.2, 0.25) is 0 Å². The quantitative estimate of drug-likeness (QED) is 0.498. The molecule has 7 heteroatoms. The lowest BCUT2D eigenvalue weighted by atomic mass is 10.0. The normalized spacial score (nSPS) is 22.5. The van der Waals surface area contributed by atoms with Gasteiger partial charge in [0, 0.05) is 16.2 Å². The lowest BCUT2D eigenvalue weighted by Gasteiger charge is -2.25. The number of halogens is 1. The zero-order valence-electron chi connectivity index (χ0n) is 10.2. The molecule has 19 heavy (non-hydrogen) atoms. The second kappa shape index (κ2) is 5.32. The predicted molar refractivity (Wildman–Crippen MR) is 78.4 cm³/mol. The maximum atomic E-state index is 11.3. The Morgan fingerprint density at radius 2 is 2.26 bits per heavy atom. The molecule has 0 amide bonds. The van der Waals surface area contributed by atoms with Crippen LogP contribution in [-0.4, -0.2) is 28.6 Å². The number of carboxylic acids is 1. The zero-order chi connectivity index (χ0) is 14.2. The summed E-state index contributed by atoms with van der Waals surface area (Å²) >= 11 is 2.00. The van der Waals surface area contributed by atoms with Gasteiger partial charge in [-0.05, 0) is 47.1 Å². The standard InChI is InChI=1S/C12H13IN2O4/c1-7-4-5-14(11(7)12(16)17)9-3-2-8(13)6-10(9)15(18)19/h2-3,6-7,11H,4-5H2,1H3,(H,16,17). The van der Waals surface area contributed by atoms with Crippen LogP contribution in [0.15, 0.2) is 18.2 Å². The molecule has 0 radical (unpaired) electrons. The van der Waals surface area contributed by atoms with Crippen LogP contribution in [0.1, 0.15) is 13.3 Å². The first-order valence-electron chi connectivity index (χ1n) is 5.85. The van der Waals surface area contributed by atoms with Crippen molar-refractivity contribution in [2.45, 2.75) is 19.4 Å². The minimum absolute atomic E-state index is 0.0172. The van der Waals surface area contributed by atoms with Crippen LogP contribution in [0, 0.1) is 19.6 Å². The first-order chi connectivity index (χ1) is 8.91. The van der Waals surface area contributed by atoms with Gasteiger partial charge in [0.05, 0.1) is 4.92 Å². The number of carboxylic acid groups (broad SMARTS) is 1. The maximum absolute atomic E-state index is 11.3. The lowest BCUT2D eigenvalue weighted by Crippen LogP contribution is -2.39. The Morgan fingerprint density at radius 1 is 1.58 bits per heavy atom. The molecule has 1 fully saturated rings. The van der Waals surface area contributed by atoms with Gasteiger partial charge in [-0.25, -0.2) is 4.79 Å². The molecular formula is C12H13IN2O4. The van der Waals surface area contributed by atoms with Crippen LogP contribution in [0.3, 0.4) is 0 Å². The van der Waals surface area contributed by atoms with E-state index in [1.54, 1.807) is 17.0 Å². The van der Waals surface area contributed by atoms with Gasteiger partial charge < -0.3 is 10.0 Å².